The number of aryl methyl sites for hydroxylation is 1. The van der Waals surface area contributed by atoms with Gasteiger partial charge in [0.15, 0.2) is 0 Å². The summed E-state index contributed by atoms with van der Waals surface area (Å²) in [5, 5.41) is 11.0. The Hall–Kier alpha value is -3.87. The number of furan rings is 1. The third kappa shape index (κ3) is 3.24. The number of aliphatic hydroxyl groups is 1. The van der Waals surface area contributed by atoms with Gasteiger partial charge in [-0.1, -0.05) is 18.2 Å². The van der Waals surface area contributed by atoms with Crippen molar-refractivity contribution >= 4 is 23.1 Å². The van der Waals surface area contributed by atoms with Crippen LogP contribution in [0.5, 0.6) is 5.75 Å². The number of anilines is 1. The maximum Gasteiger partial charge on any atom is 0.300 e. The average Bonchev–Trinajstić information content (AvgIpc) is 3.28. The quantitative estimate of drug-likeness (QED) is 0.395. The maximum absolute atomic E-state index is 13.9. The van der Waals surface area contributed by atoms with Crippen LogP contribution in [-0.2, 0) is 9.59 Å². The third-order valence-electron chi connectivity index (χ3n) is 4.90. The number of amides is 1. The second-order valence-electron chi connectivity index (χ2n) is 6.83. The number of carbonyl (C=O) groups is 2. The van der Waals surface area contributed by atoms with Crippen LogP contribution < -0.4 is 9.64 Å². The average molecular weight is 407 g/mol. The van der Waals surface area contributed by atoms with Gasteiger partial charge in [0.2, 0.25) is 0 Å². The van der Waals surface area contributed by atoms with E-state index in [-0.39, 0.29) is 22.8 Å². The van der Waals surface area contributed by atoms with Gasteiger partial charge in [0.1, 0.15) is 34.9 Å². The van der Waals surface area contributed by atoms with Crippen LogP contribution in [0.4, 0.5) is 10.1 Å². The molecule has 0 bridgehead atoms. The number of benzene rings is 2. The Morgan fingerprint density at radius 1 is 1.10 bits per heavy atom. The zero-order valence-electron chi connectivity index (χ0n) is 16.3. The first kappa shape index (κ1) is 19.4. The van der Waals surface area contributed by atoms with Crippen molar-refractivity contribution in [3.8, 4) is 5.75 Å². The molecule has 4 rings (SSSR count). The molecule has 0 radical (unpaired) electrons. The van der Waals surface area contributed by atoms with Gasteiger partial charge < -0.3 is 14.3 Å². The van der Waals surface area contributed by atoms with E-state index in [1.165, 1.54) is 25.3 Å². The Morgan fingerprint density at radius 3 is 2.53 bits per heavy atom. The van der Waals surface area contributed by atoms with Crippen LogP contribution in [0.1, 0.15) is 23.1 Å². The first-order chi connectivity index (χ1) is 14.4. The van der Waals surface area contributed by atoms with Crippen molar-refractivity contribution < 1.29 is 28.2 Å². The van der Waals surface area contributed by atoms with Crippen LogP contribution >= 0.6 is 0 Å². The molecule has 6 nitrogen and oxygen atoms in total. The monoisotopic (exact) mass is 407 g/mol. The molecule has 3 aromatic rings. The van der Waals surface area contributed by atoms with Crippen LogP contribution in [0.15, 0.2) is 70.7 Å². The number of hydrogen-bond acceptors (Lipinski definition) is 5. The molecule has 1 amide bonds. The highest BCUT2D eigenvalue weighted by molar-refractivity contribution is 6.51. The minimum Gasteiger partial charge on any atom is -0.507 e. The molecular formula is C23H18FNO5. The molecule has 0 aliphatic carbocycles. The number of ether oxygens (including phenoxy) is 1. The molecule has 152 valence electrons. The number of halogens is 1. The molecule has 1 aliphatic heterocycles. The van der Waals surface area contributed by atoms with Crippen molar-refractivity contribution in [2.24, 2.45) is 0 Å². The lowest BCUT2D eigenvalue weighted by atomic mass is 9.99. The van der Waals surface area contributed by atoms with Gasteiger partial charge in [0, 0.05) is 11.3 Å². The van der Waals surface area contributed by atoms with Gasteiger partial charge in [-0.05, 0) is 49.4 Å². The molecule has 1 aromatic heterocycles. The first-order valence-electron chi connectivity index (χ1n) is 9.18. The fourth-order valence-electron chi connectivity index (χ4n) is 3.52. The summed E-state index contributed by atoms with van der Waals surface area (Å²) in [4.78, 5) is 27.0. The molecule has 0 saturated carbocycles. The molecule has 2 heterocycles. The van der Waals surface area contributed by atoms with Crippen LogP contribution in [0, 0.1) is 12.7 Å². The predicted octanol–water partition coefficient (Wildman–Crippen LogP) is 4.36. The summed E-state index contributed by atoms with van der Waals surface area (Å²) in [5.74, 6) is -1.38. The summed E-state index contributed by atoms with van der Waals surface area (Å²) in [6.45, 7) is 1.72. The summed E-state index contributed by atoms with van der Waals surface area (Å²) < 4.78 is 24.7. The molecule has 1 aliphatic rings. The molecular weight excluding hydrogens is 389 g/mol. The van der Waals surface area contributed by atoms with E-state index in [1.807, 2.05) is 0 Å². The highest BCUT2D eigenvalue weighted by Gasteiger charge is 2.48. The lowest BCUT2D eigenvalue weighted by molar-refractivity contribution is -0.132. The summed E-state index contributed by atoms with van der Waals surface area (Å²) in [6, 6.07) is 14.1. The summed E-state index contributed by atoms with van der Waals surface area (Å²) in [7, 11) is 1.48. The van der Waals surface area contributed by atoms with Crippen LogP contribution in [0.2, 0.25) is 0 Å². The smallest absolute Gasteiger partial charge is 0.300 e. The topological polar surface area (TPSA) is 80.0 Å². The third-order valence-corrected chi connectivity index (χ3v) is 4.90. The van der Waals surface area contributed by atoms with E-state index in [2.05, 4.69) is 0 Å². The maximum atomic E-state index is 13.9. The van der Waals surface area contributed by atoms with Gasteiger partial charge in [-0.2, -0.15) is 0 Å². The molecule has 1 atom stereocenters. The number of ketones is 1. The van der Waals surface area contributed by atoms with E-state index < -0.39 is 23.5 Å². The number of hydrogen-bond donors (Lipinski definition) is 1. The normalized spacial score (nSPS) is 18.1. The Balaban J connectivity index is 1.94. The van der Waals surface area contributed by atoms with E-state index >= 15 is 0 Å². The van der Waals surface area contributed by atoms with Gasteiger partial charge in [-0.25, -0.2) is 4.39 Å². The SMILES string of the molecule is COc1cccc(/C(O)=C2/C(=O)C(=O)N(c3cccc(F)c3)C2c2ccc(C)o2)c1. The molecule has 1 N–H and O–H groups in total. The molecule has 2 aromatic carbocycles. The van der Waals surface area contributed by atoms with E-state index in [4.69, 9.17) is 9.15 Å². The zero-order valence-corrected chi connectivity index (χ0v) is 16.3. The van der Waals surface area contributed by atoms with Crippen LogP contribution in [-0.4, -0.2) is 23.9 Å². The number of rotatable bonds is 4. The second-order valence-corrected chi connectivity index (χ2v) is 6.83. The molecule has 1 unspecified atom stereocenters. The minimum absolute atomic E-state index is 0.146. The summed E-state index contributed by atoms with van der Waals surface area (Å²) in [5.41, 5.74) is 0.340. The predicted molar refractivity (Wildman–Crippen MR) is 108 cm³/mol. The van der Waals surface area contributed by atoms with Crippen molar-refractivity contribution in [3.63, 3.8) is 0 Å². The van der Waals surface area contributed by atoms with Gasteiger partial charge in [0.05, 0.1) is 12.7 Å². The van der Waals surface area contributed by atoms with E-state index in [0.29, 0.717) is 17.1 Å². The fourth-order valence-corrected chi connectivity index (χ4v) is 3.52. The van der Waals surface area contributed by atoms with Crippen molar-refractivity contribution in [1.82, 2.24) is 0 Å². The van der Waals surface area contributed by atoms with Crippen molar-refractivity contribution in [3.05, 3.63) is 89.1 Å². The van der Waals surface area contributed by atoms with Crippen LogP contribution in [0.25, 0.3) is 5.76 Å². The molecule has 0 spiro atoms. The van der Waals surface area contributed by atoms with E-state index in [1.54, 1.807) is 43.3 Å². The number of Topliss-reactive ketones (excluding diaryl/α,β-unsaturated/α-hetero) is 1. The Bertz CT molecular complexity index is 1180. The number of aliphatic hydroxyl groups excluding tert-OH is 1. The summed E-state index contributed by atoms with van der Waals surface area (Å²) in [6.07, 6.45) is 0. The van der Waals surface area contributed by atoms with Gasteiger partial charge in [0.25, 0.3) is 11.7 Å². The van der Waals surface area contributed by atoms with Crippen molar-refractivity contribution in [2.75, 3.05) is 12.0 Å². The standard InChI is InChI=1S/C23H18FNO5/c1-13-9-10-18(30-13)20-19(21(26)14-5-3-8-17(11-14)29-2)22(27)23(28)25(20)16-7-4-6-15(24)12-16/h3-12,20,26H,1-2H3/b21-19-. The van der Waals surface area contributed by atoms with Gasteiger partial charge in [-0.15, -0.1) is 0 Å². The highest BCUT2D eigenvalue weighted by Crippen LogP contribution is 2.42. The fraction of sp³-hybridized carbons (Fsp3) is 0.130. The molecule has 30 heavy (non-hydrogen) atoms. The minimum atomic E-state index is -1.05. The van der Waals surface area contributed by atoms with Crippen LogP contribution in [0.3, 0.4) is 0 Å². The van der Waals surface area contributed by atoms with E-state index in [0.717, 1.165) is 11.0 Å². The largest absolute Gasteiger partial charge is 0.507 e. The lowest BCUT2D eigenvalue weighted by Crippen LogP contribution is -2.29. The molecule has 7 heteroatoms. The number of carbonyl (C=O) groups excluding carboxylic acids is 2. The zero-order chi connectivity index (χ0) is 21.4. The Morgan fingerprint density at radius 2 is 1.87 bits per heavy atom. The number of nitrogens with zero attached hydrogens (tertiary/aromatic N) is 1. The van der Waals surface area contributed by atoms with Gasteiger partial charge in [-0.3, -0.25) is 14.5 Å². The summed E-state index contributed by atoms with van der Waals surface area (Å²) >= 11 is 0. The highest BCUT2D eigenvalue weighted by atomic mass is 19.1. The first-order valence-corrected chi connectivity index (χ1v) is 9.18. The van der Waals surface area contributed by atoms with Crippen molar-refractivity contribution in [2.45, 2.75) is 13.0 Å². The Labute approximate surface area is 171 Å². The van der Waals surface area contributed by atoms with Crippen molar-refractivity contribution in [1.29, 1.82) is 0 Å². The molecule has 1 saturated heterocycles. The Kier molecular flexibility index (Phi) is 4.87. The second kappa shape index (κ2) is 7.51. The van der Waals surface area contributed by atoms with E-state index in [9.17, 15) is 19.1 Å². The lowest BCUT2D eigenvalue weighted by Gasteiger charge is -2.23. The molecule has 1 fully saturated rings. The number of methoxy groups -OCH3 is 1. The van der Waals surface area contributed by atoms with Gasteiger partial charge >= 0.3 is 0 Å².